The van der Waals surface area contributed by atoms with E-state index in [0.717, 1.165) is 6.07 Å². The van der Waals surface area contributed by atoms with E-state index in [0.29, 0.717) is 5.69 Å². The standard InChI is InChI=1S/C17H20ClFN2O5/c1-17(9-26-2,7-15(23)24)20-16(25)10-5-14(22)21(8-10)11-3-4-12(18)13(19)6-11/h3-4,6,10H,5,7-9H2,1-2H3,(H,20,25)(H,23,24). The number of carboxylic acids is 1. The van der Waals surface area contributed by atoms with Crippen LogP contribution in [0.5, 0.6) is 0 Å². The molecule has 7 nitrogen and oxygen atoms in total. The van der Waals surface area contributed by atoms with Crippen molar-refractivity contribution in [2.45, 2.75) is 25.3 Å². The number of ether oxygens (including phenoxy) is 1. The average molecular weight is 387 g/mol. The maximum absolute atomic E-state index is 13.6. The maximum atomic E-state index is 13.6. The Morgan fingerprint density at radius 2 is 2.19 bits per heavy atom. The molecule has 0 aromatic heterocycles. The highest BCUT2D eigenvalue weighted by Gasteiger charge is 2.38. The first-order valence-corrected chi connectivity index (χ1v) is 8.31. The summed E-state index contributed by atoms with van der Waals surface area (Å²) in [6.07, 6.45) is -0.369. The number of carbonyl (C=O) groups excluding carboxylic acids is 2. The zero-order chi connectivity index (χ0) is 19.5. The number of benzene rings is 1. The third-order valence-corrected chi connectivity index (χ3v) is 4.45. The molecule has 1 fully saturated rings. The fraction of sp³-hybridized carbons (Fsp3) is 0.471. The van der Waals surface area contributed by atoms with Crippen molar-refractivity contribution in [1.29, 1.82) is 0 Å². The second kappa shape index (κ2) is 8.01. The van der Waals surface area contributed by atoms with Crippen molar-refractivity contribution in [3.05, 3.63) is 29.0 Å². The van der Waals surface area contributed by atoms with E-state index in [2.05, 4.69) is 5.32 Å². The summed E-state index contributed by atoms with van der Waals surface area (Å²) in [4.78, 5) is 37.1. The summed E-state index contributed by atoms with van der Waals surface area (Å²) >= 11 is 5.64. The molecule has 0 aliphatic carbocycles. The van der Waals surface area contributed by atoms with Crippen LogP contribution in [0.3, 0.4) is 0 Å². The number of carbonyl (C=O) groups is 3. The summed E-state index contributed by atoms with van der Waals surface area (Å²) < 4.78 is 18.6. The van der Waals surface area contributed by atoms with E-state index in [1.807, 2.05) is 0 Å². The molecule has 1 saturated heterocycles. The Morgan fingerprint density at radius 1 is 1.50 bits per heavy atom. The van der Waals surface area contributed by atoms with Gasteiger partial charge in [-0.2, -0.15) is 0 Å². The van der Waals surface area contributed by atoms with E-state index in [1.165, 1.54) is 24.1 Å². The van der Waals surface area contributed by atoms with E-state index in [9.17, 15) is 18.8 Å². The topological polar surface area (TPSA) is 95.9 Å². The lowest BCUT2D eigenvalue weighted by Crippen LogP contribution is -2.52. The molecule has 1 aromatic rings. The molecule has 2 N–H and O–H groups in total. The van der Waals surface area contributed by atoms with Gasteiger partial charge >= 0.3 is 5.97 Å². The van der Waals surface area contributed by atoms with Gasteiger partial charge in [0.05, 0.1) is 29.5 Å². The third-order valence-electron chi connectivity index (χ3n) is 4.14. The predicted octanol–water partition coefficient (Wildman–Crippen LogP) is 1.83. The van der Waals surface area contributed by atoms with E-state index in [4.69, 9.17) is 21.4 Å². The number of nitrogens with one attached hydrogen (secondary N) is 1. The minimum absolute atomic E-state index is 0.0117. The van der Waals surface area contributed by atoms with Crippen LogP contribution in [-0.4, -0.2) is 48.7 Å². The van der Waals surface area contributed by atoms with E-state index in [-0.39, 0.29) is 36.9 Å². The predicted molar refractivity (Wildman–Crippen MR) is 92.5 cm³/mol. The molecule has 142 valence electrons. The molecule has 9 heteroatoms. The molecule has 0 radical (unpaired) electrons. The van der Waals surface area contributed by atoms with Crippen LogP contribution in [0.4, 0.5) is 10.1 Å². The molecule has 2 amide bonds. The molecular formula is C17H20ClFN2O5. The first-order chi connectivity index (χ1) is 12.1. The molecule has 2 unspecified atom stereocenters. The molecule has 1 aliphatic rings. The second-order valence-electron chi connectivity index (χ2n) is 6.56. The summed E-state index contributed by atoms with van der Waals surface area (Å²) in [6.45, 7) is 1.64. The Balaban J connectivity index is 2.10. The SMILES string of the molecule is COCC(C)(CC(=O)O)NC(=O)C1CC(=O)N(c2ccc(Cl)c(F)c2)C1. The largest absolute Gasteiger partial charge is 0.481 e. The van der Waals surface area contributed by atoms with Crippen LogP contribution in [0.25, 0.3) is 0 Å². The number of carboxylic acid groups (broad SMARTS) is 1. The van der Waals surface area contributed by atoms with Crippen LogP contribution < -0.4 is 10.2 Å². The van der Waals surface area contributed by atoms with E-state index < -0.39 is 29.2 Å². The smallest absolute Gasteiger partial charge is 0.305 e. The number of anilines is 1. The maximum Gasteiger partial charge on any atom is 0.305 e. The minimum atomic E-state index is -1.10. The minimum Gasteiger partial charge on any atom is -0.481 e. The lowest BCUT2D eigenvalue weighted by molar-refractivity contribution is -0.140. The van der Waals surface area contributed by atoms with Gasteiger partial charge in [0.15, 0.2) is 0 Å². The zero-order valence-electron chi connectivity index (χ0n) is 14.4. The normalized spacial score (nSPS) is 19.3. The summed E-state index contributed by atoms with van der Waals surface area (Å²) in [7, 11) is 1.40. The third kappa shape index (κ3) is 4.70. The summed E-state index contributed by atoms with van der Waals surface area (Å²) in [5.41, 5.74) is -0.780. The van der Waals surface area contributed by atoms with Gasteiger partial charge in [0.2, 0.25) is 11.8 Å². The van der Waals surface area contributed by atoms with Crippen LogP contribution in [0.15, 0.2) is 18.2 Å². The van der Waals surface area contributed by atoms with Crippen molar-refractivity contribution in [1.82, 2.24) is 5.32 Å². The zero-order valence-corrected chi connectivity index (χ0v) is 15.2. The number of nitrogens with zero attached hydrogens (tertiary/aromatic N) is 1. The second-order valence-corrected chi connectivity index (χ2v) is 6.96. The molecule has 26 heavy (non-hydrogen) atoms. The van der Waals surface area contributed by atoms with E-state index >= 15 is 0 Å². The molecule has 1 aromatic carbocycles. The first kappa shape index (κ1) is 20.1. The van der Waals surface area contributed by atoms with Gasteiger partial charge in [0, 0.05) is 25.8 Å². The van der Waals surface area contributed by atoms with Gasteiger partial charge in [0.25, 0.3) is 0 Å². The van der Waals surface area contributed by atoms with Crippen LogP contribution in [-0.2, 0) is 19.1 Å². The Hall–Kier alpha value is -2.19. The highest BCUT2D eigenvalue weighted by molar-refractivity contribution is 6.30. The molecular weight excluding hydrogens is 367 g/mol. The fourth-order valence-electron chi connectivity index (χ4n) is 2.97. The van der Waals surface area contributed by atoms with Gasteiger partial charge in [-0.1, -0.05) is 11.6 Å². The summed E-state index contributed by atoms with van der Waals surface area (Å²) in [5.74, 6) is -3.18. The average Bonchev–Trinajstić information content (AvgIpc) is 2.91. The highest BCUT2D eigenvalue weighted by atomic mass is 35.5. The fourth-order valence-corrected chi connectivity index (χ4v) is 3.09. The van der Waals surface area contributed by atoms with Crippen molar-refractivity contribution in [2.75, 3.05) is 25.2 Å². The van der Waals surface area contributed by atoms with E-state index in [1.54, 1.807) is 6.92 Å². The van der Waals surface area contributed by atoms with Crippen molar-refractivity contribution < 1.29 is 28.6 Å². The lowest BCUT2D eigenvalue weighted by Gasteiger charge is -2.29. The number of hydrogen-bond acceptors (Lipinski definition) is 4. The number of methoxy groups -OCH3 is 1. The number of halogens is 2. The molecule has 1 aliphatic heterocycles. The van der Waals surface area contributed by atoms with Crippen LogP contribution >= 0.6 is 11.6 Å². The van der Waals surface area contributed by atoms with Gasteiger partial charge in [-0.25, -0.2) is 4.39 Å². The highest BCUT2D eigenvalue weighted by Crippen LogP contribution is 2.28. The molecule has 0 saturated carbocycles. The summed E-state index contributed by atoms with van der Waals surface area (Å²) in [6, 6.07) is 3.98. The molecule has 0 bridgehead atoms. The van der Waals surface area contributed by atoms with Crippen LogP contribution in [0.1, 0.15) is 19.8 Å². The monoisotopic (exact) mass is 386 g/mol. The molecule has 0 spiro atoms. The Morgan fingerprint density at radius 3 is 2.77 bits per heavy atom. The Kier molecular flexibility index (Phi) is 6.20. The number of aliphatic carboxylic acids is 1. The van der Waals surface area contributed by atoms with Crippen molar-refractivity contribution >= 4 is 35.1 Å². The van der Waals surface area contributed by atoms with Gasteiger partial charge in [0.1, 0.15) is 5.82 Å². The number of hydrogen-bond donors (Lipinski definition) is 2. The van der Waals surface area contributed by atoms with Crippen molar-refractivity contribution in [2.24, 2.45) is 5.92 Å². The van der Waals surface area contributed by atoms with Gasteiger partial charge in [-0.15, -0.1) is 0 Å². The quantitative estimate of drug-likeness (QED) is 0.745. The van der Waals surface area contributed by atoms with Gasteiger partial charge < -0.3 is 20.1 Å². The van der Waals surface area contributed by atoms with Crippen LogP contribution in [0.2, 0.25) is 5.02 Å². The first-order valence-electron chi connectivity index (χ1n) is 7.93. The van der Waals surface area contributed by atoms with Gasteiger partial charge in [-0.3, -0.25) is 14.4 Å². The lowest BCUT2D eigenvalue weighted by atomic mass is 9.97. The summed E-state index contributed by atoms with van der Waals surface area (Å²) in [5, 5.41) is 11.6. The van der Waals surface area contributed by atoms with Crippen molar-refractivity contribution in [3.63, 3.8) is 0 Å². The molecule has 2 atom stereocenters. The Labute approximate surface area is 155 Å². The van der Waals surface area contributed by atoms with Crippen molar-refractivity contribution in [3.8, 4) is 0 Å². The Bertz CT molecular complexity index is 729. The molecule has 2 rings (SSSR count). The number of rotatable bonds is 7. The number of amides is 2. The molecule has 1 heterocycles. The van der Waals surface area contributed by atoms with Gasteiger partial charge in [-0.05, 0) is 25.1 Å². The van der Waals surface area contributed by atoms with Crippen LogP contribution in [0, 0.1) is 11.7 Å².